The Morgan fingerprint density at radius 3 is 2.63 bits per heavy atom. The molecule has 2 atom stereocenters. The topological polar surface area (TPSA) is 48.0 Å². The lowest BCUT2D eigenvalue weighted by Gasteiger charge is -2.37. The third-order valence-electron chi connectivity index (χ3n) is 3.62. The highest BCUT2D eigenvalue weighted by molar-refractivity contribution is 5.76. The average Bonchev–Trinajstić information content (AvgIpc) is 2.41. The maximum absolute atomic E-state index is 11.6. The van der Waals surface area contributed by atoms with Crippen molar-refractivity contribution < 1.29 is 19.3 Å². The maximum atomic E-state index is 11.6. The molecule has 0 bridgehead atoms. The van der Waals surface area contributed by atoms with Crippen LogP contribution >= 0.6 is 0 Å². The maximum Gasteiger partial charge on any atom is 0.224 e. The smallest absolute Gasteiger partial charge is 0.224 e. The van der Waals surface area contributed by atoms with Crippen LogP contribution in [0.5, 0.6) is 0 Å². The summed E-state index contributed by atoms with van der Waals surface area (Å²) >= 11 is 0. The lowest BCUT2D eigenvalue weighted by atomic mass is 9.98. The molecule has 1 saturated heterocycles. The molecule has 0 radical (unpaired) electrons. The first-order valence-corrected chi connectivity index (χ1v) is 7.13. The largest absolute Gasteiger partial charge is 0.351 e. The number of carbonyl (C=O) groups is 1. The van der Waals surface area contributed by atoms with Gasteiger partial charge in [0.05, 0.1) is 6.42 Å². The van der Waals surface area contributed by atoms with Crippen LogP contribution in [0.4, 0.5) is 0 Å². The molecular formula is C14H27NO4. The van der Waals surface area contributed by atoms with Crippen molar-refractivity contribution in [3.8, 4) is 0 Å². The summed E-state index contributed by atoms with van der Waals surface area (Å²) < 4.78 is 5.48. The lowest BCUT2D eigenvalue weighted by Crippen LogP contribution is -2.43. The molecule has 0 aliphatic carbocycles. The van der Waals surface area contributed by atoms with Gasteiger partial charge in [-0.25, -0.2) is 9.78 Å². The number of hydrogen-bond donors (Lipinski definition) is 0. The number of ether oxygens (including phenoxy) is 1. The van der Waals surface area contributed by atoms with Crippen molar-refractivity contribution in [2.24, 2.45) is 0 Å². The second kappa shape index (κ2) is 7.82. The number of hydrogen-bond acceptors (Lipinski definition) is 4. The Morgan fingerprint density at radius 1 is 1.42 bits per heavy atom. The number of amides is 1. The third kappa shape index (κ3) is 5.09. The number of nitrogens with zero attached hydrogens (tertiary/aromatic N) is 1. The summed E-state index contributed by atoms with van der Waals surface area (Å²) in [6.07, 6.45) is 6.00. The van der Waals surface area contributed by atoms with Crippen molar-refractivity contribution in [1.29, 1.82) is 0 Å². The highest BCUT2D eigenvalue weighted by Crippen LogP contribution is 2.33. The molecule has 0 saturated carbocycles. The molecule has 1 heterocycles. The van der Waals surface area contributed by atoms with E-state index >= 15 is 0 Å². The highest BCUT2D eigenvalue weighted by Gasteiger charge is 2.38. The van der Waals surface area contributed by atoms with E-state index < -0.39 is 5.79 Å². The quantitative estimate of drug-likeness (QED) is 0.528. The van der Waals surface area contributed by atoms with E-state index in [9.17, 15) is 4.79 Å². The molecule has 1 aliphatic heterocycles. The van der Waals surface area contributed by atoms with E-state index in [1.54, 1.807) is 26.1 Å². The minimum Gasteiger partial charge on any atom is -0.351 e. The predicted molar refractivity (Wildman–Crippen MR) is 72.4 cm³/mol. The van der Waals surface area contributed by atoms with Gasteiger partial charge in [0.2, 0.25) is 11.7 Å². The van der Waals surface area contributed by atoms with Gasteiger partial charge in [-0.15, -0.1) is 0 Å². The van der Waals surface area contributed by atoms with Gasteiger partial charge >= 0.3 is 0 Å². The van der Waals surface area contributed by atoms with E-state index in [2.05, 4.69) is 6.92 Å². The van der Waals surface area contributed by atoms with Crippen LogP contribution in [-0.2, 0) is 19.3 Å². The van der Waals surface area contributed by atoms with E-state index in [-0.39, 0.29) is 12.0 Å². The summed E-state index contributed by atoms with van der Waals surface area (Å²) in [6.45, 7) is 2.17. The van der Waals surface area contributed by atoms with Crippen molar-refractivity contribution in [2.45, 2.75) is 63.8 Å². The van der Waals surface area contributed by atoms with Crippen LogP contribution in [0.15, 0.2) is 0 Å². The molecule has 1 fully saturated rings. The summed E-state index contributed by atoms with van der Waals surface area (Å²) in [4.78, 5) is 24.0. The fourth-order valence-electron chi connectivity index (χ4n) is 2.19. The Labute approximate surface area is 116 Å². The molecule has 0 aromatic heterocycles. The van der Waals surface area contributed by atoms with Gasteiger partial charge in [-0.3, -0.25) is 4.79 Å². The lowest BCUT2D eigenvalue weighted by molar-refractivity contribution is -0.466. The molecule has 5 nitrogen and oxygen atoms in total. The Morgan fingerprint density at radius 2 is 2.16 bits per heavy atom. The molecule has 0 spiro atoms. The van der Waals surface area contributed by atoms with Gasteiger partial charge in [0.25, 0.3) is 0 Å². The van der Waals surface area contributed by atoms with Crippen molar-refractivity contribution in [1.82, 2.24) is 4.90 Å². The Balaban J connectivity index is 2.38. The molecule has 0 N–H and O–H groups in total. The average molecular weight is 273 g/mol. The number of carbonyl (C=O) groups excluding carboxylic acids is 1. The highest BCUT2D eigenvalue weighted by atomic mass is 17.2. The van der Waals surface area contributed by atoms with Gasteiger partial charge < -0.3 is 9.64 Å². The van der Waals surface area contributed by atoms with Gasteiger partial charge in [0.1, 0.15) is 6.10 Å². The second-order valence-corrected chi connectivity index (χ2v) is 5.40. The minimum atomic E-state index is -0.618. The molecule has 0 aromatic carbocycles. The Bertz CT molecular complexity index is 273. The standard InChI is InChI=1S/C14H27NO4/c1-5-6-7-9-14(17-4)10-8-12(18-19-14)11-13(16)15(2)3/h12H,5-11H2,1-4H3. The van der Waals surface area contributed by atoms with Crippen LogP contribution in [0.1, 0.15) is 51.9 Å². The molecule has 1 aliphatic rings. The number of unbranched alkanes of at least 4 members (excludes halogenated alkanes) is 2. The first kappa shape index (κ1) is 16.4. The SMILES string of the molecule is CCCCCC1(OC)CCC(CC(=O)N(C)C)OO1. The van der Waals surface area contributed by atoms with Crippen LogP contribution in [0, 0.1) is 0 Å². The van der Waals surface area contributed by atoms with E-state index in [4.69, 9.17) is 14.5 Å². The molecule has 19 heavy (non-hydrogen) atoms. The van der Waals surface area contributed by atoms with E-state index in [1.807, 2.05) is 0 Å². The fraction of sp³-hybridized carbons (Fsp3) is 0.929. The molecule has 1 rings (SSSR count). The summed E-state index contributed by atoms with van der Waals surface area (Å²) in [5.41, 5.74) is 0. The summed E-state index contributed by atoms with van der Waals surface area (Å²) in [5, 5.41) is 0. The zero-order valence-electron chi connectivity index (χ0n) is 12.6. The van der Waals surface area contributed by atoms with E-state index in [0.717, 1.165) is 32.1 Å². The molecule has 0 aromatic rings. The molecule has 112 valence electrons. The predicted octanol–water partition coefficient (Wildman–Crippen LogP) is 2.50. The number of methoxy groups -OCH3 is 1. The normalized spacial score (nSPS) is 27.3. The first-order valence-electron chi connectivity index (χ1n) is 7.13. The van der Waals surface area contributed by atoms with Gasteiger partial charge in [0.15, 0.2) is 0 Å². The summed E-state index contributed by atoms with van der Waals surface area (Å²) in [7, 11) is 5.15. The summed E-state index contributed by atoms with van der Waals surface area (Å²) in [6, 6.07) is 0. The fourth-order valence-corrected chi connectivity index (χ4v) is 2.19. The monoisotopic (exact) mass is 273 g/mol. The van der Waals surface area contributed by atoms with Crippen LogP contribution in [-0.4, -0.2) is 43.9 Å². The van der Waals surface area contributed by atoms with Crippen LogP contribution < -0.4 is 0 Å². The van der Waals surface area contributed by atoms with Crippen molar-refractivity contribution >= 4 is 5.91 Å². The zero-order chi connectivity index (χ0) is 14.3. The minimum absolute atomic E-state index is 0.0597. The van der Waals surface area contributed by atoms with Crippen LogP contribution in [0.2, 0.25) is 0 Å². The van der Waals surface area contributed by atoms with Crippen LogP contribution in [0.25, 0.3) is 0 Å². The Kier molecular flexibility index (Phi) is 6.75. The van der Waals surface area contributed by atoms with E-state index in [0.29, 0.717) is 6.42 Å². The third-order valence-corrected chi connectivity index (χ3v) is 3.62. The first-order chi connectivity index (χ1) is 9.03. The van der Waals surface area contributed by atoms with Gasteiger partial charge in [-0.1, -0.05) is 19.8 Å². The van der Waals surface area contributed by atoms with Crippen molar-refractivity contribution in [3.63, 3.8) is 0 Å². The van der Waals surface area contributed by atoms with Gasteiger partial charge in [-0.2, -0.15) is 0 Å². The number of rotatable bonds is 7. The zero-order valence-corrected chi connectivity index (χ0v) is 12.6. The van der Waals surface area contributed by atoms with Crippen molar-refractivity contribution in [2.75, 3.05) is 21.2 Å². The Hall–Kier alpha value is -0.650. The molecular weight excluding hydrogens is 246 g/mol. The molecule has 1 amide bonds. The second-order valence-electron chi connectivity index (χ2n) is 5.40. The van der Waals surface area contributed by atoms with E-state index in [1.165, 1.54) is 6.42 Å². The van der Waals surface area contributed by atoms with Gasteiger partial charge in [-0.05, 0) is 12.8 Å². The van der Waals surface area contributed by atoms with Crippen molar-refractivity contribution in [3.05, 3.63) is 0 Å². The summed E-state index contributed by atoms with van der Waals surface area (Å²) in [5.74, 6) is -0.558. The molecule has 2 unspecified atom stereocenters. The van der Waals surface area contributed by atoms with Crippen LogP contribution in [0.3, 0.4) is 0 Å². The van der Waals surface area contributed by atoms with Gasteiger partial charge in [0, 0.05) is 34.0 Å². The molecule has 5 heteroatoms.